The highest BCUT2D eigenvalue weighted by molar-refractivity contribution is 5.88. The average Bonchev–Trinajstić information content (AvgIpc) is 2.35. The van der Waals surface area contributed by atoms with Crippen molar-refractivity contribution in [2.24, 2.45) is 17.2 Å². The van der Waals surface area contributed by atoms with Crippen LogP contribution in [0.4, 0.5) is 0 Å². The van der Waals surface area contributed by atoms with E-state index in [0.29, 0.717) is 19.4 Å². The van der Waals surface area contributed by atoms with E-state index < -0.39 is 30.0 Å². The summed E-state index contributed by atoms with van der Waals surface area (Å²) in [5.41, 5.74) is 16.0. The number of esters is 2. The highest BCUT2D eigenvalue weighted by atomic mass is 16.6. The Bertz CT molecular complexity index is 321. The Balaban J connectivity index is 3.91. The van der Waals surface area contributed by atoms with E-state index in [1.807, 2.05) is 0 Å². The van der Waals surface area contributed by atoms with Gasteiger partial charge in [-0.15, -0.1) is 0 Å². The molecule has 0 saturated heterocycles. The minimum absolute atomic E-state index is 0.0934. The van der Waals surface area contributed by atoms with E-state index in [2.05, 4.69) is 4.74 Å². The molecule has 0 aliphatic carbocycles. The summed E-state index contributed by atoms with van der Waals surface area (Å²) in [5.74, 6) is -2.85. The molecule has 0 rings (SSSR count). The van der Waals surface area contributed by atoms with Crippen LogP contribution in [0.5, 0.6) is 0 Å². The minimum atomic E-state index is -1.21. The lowest BCUT2D eigenvalue weighted by molar-refractivity contribution is -0.160. The van der Waals surface area contributed by atoms with Gasteiger partial charge in [-0.05, 0) is 25.8 Å². The Morgan fingerprint density at radius 2 is 1.68 bits per heavy atom. The zero-order chi connectivity index (χ0) is 14.8. The van der Waals surface area contributed by atoms with E-state index in [1.54, 1.807) is 0 Å². The molecular formula is C11H21N3O5. The number of hydrogen-bond acceptors (Lipinski definition) is 7. The van der Waals surface area contributed by atoms with E-state index in [1.165, 1.54) is 0 Å². The molecule has 0 aromatic rings. The molecular weight excluding hydrogens is 254 g/mol. The second kappa shape index (κ2) is 9.42. The van der Waals surface area contributed by atoms with Crippen LogP contribution in [0.1, 0.15) is 32.1 Å². The second-order valence-corrected chi connectivity index (χ2v) is 4.17. The molecule has 0 saturated carbocycles. The molecule has 19 heavy (non-hydrogen) atoms. The first kappa shape index (κ1) is 17.5. The van der Waals surface area contributed by atoms with Crippen LogP contribution >= 0.6 is 0 Å². The first-order chi connectivity index (χ1) is 8.88. The number of carbonyl (C=O) groups excluding carboxylic acids is 2. The highest BCUT2D eigenvalue weighted by Crippen LogP contribution is 2.03. The maximum atomic E-state index is 11.4. The van der Waals surface area contributed by atoms with Gasteiger partial charge in [0.25, 0.3) is 0 Å². The Kier molecular flexibility index (Phi) is 8.68. The summed E-state index contributed by atoms with van der Waals surface area (Å²) in [6, 6.07) is -2.02. The lowest BCUT2D eigenvalue weighted by Gasteiger charge is -2.10. The van der Waals surface area contributed by atoms with E-state index in [0.717, 1.165) is 6.42 Å². The predicted molar refractivity (Wildman–Crippen MR) is 66.8 cm³/mol. The summed E-state index contributed by atoms with van der Waals surface area (Å²) in [4.78, 5) is 33.0. The normalized spacial score (nSPS) is 13.6. The molecule has 0 fully saturated rings. The predicted octanol–water partition coefficient (Wildman–Crippen LogP) is -1.30. The van der Waals surface area contributed by atoms with Gasteiger partial charge in [0.2, 0.25) is 0 Å². The summed E-state index contributed by atoms with van der Waals surface area (Å²) >= 11 is 0. The zero-order valence-corrected chi connectivity index (χ0v) is 10.7. The third-order valence-corrected chi connectivity index (χ3v) is 2.46. The Labute approximate surface area is 111 Å². The molecule has 0 radical (unpaired) electrons. The summed E-state index contributed by atoms with van der Waals surface area (Å²) in [6.45, 7) is 0.508. The van der Waals surface area contributed by atoms with Crippen LogP contribution in [0.15, 0.2) is 0 Å². The molecule has 0 aromatic heterocycles. The number of carbonyl (C=O) groups is 3. The fourth-order valence-electron chi connectivity index (χ4n) is 1.26. The fourth-order valence-corrected chi connectivity index (χ4v) is 1.26. The van der Waals surface area contributed by atoms with Crippen molar-refractivity contribution in [3.63, 3.8) is 0 Å². The van der Waals surface area contributed by atoms with Gasteiger partial charge in [0, 0.05) is 6.42 Å². The van der Waals surface area contributed by atoms with Crippen LogP contribution in [0.2, 0.25) is 0 Å². The molecule has 0 heterocycles. The van der Waals surface area contributed by atoms with Crippen molar-refractivity contribution in [3.8, 4) is 0 Å². The highest BCUT2D eigenvalue weighted by Gasteiger charge is 2.20. The van der Waals surface area contributed by atoms with Gasteiger partial charge in [-0.2, -0.15) is 0 Å². The Morgan fingerprint density at radius 1 is 1.05 bits per heavy atom. The lowest BCUT2D eigenvalue weighted by Crippen LogP contribution is -2.35. The number of ether oxygens (including phenoxy) is 1. The van der Waals surface area contributed by atoms with Gasteiger partial charge in [0.05, 0.1) is 0 Å². The number of carboxylic acids is 1. The van der Waals surface area contributed by atoms with Crippen molar-refractivity contribution in [1.82, 2.24) is 0 Å². The van der Waals surface area contributed by atoms with E-state index >= 15 is 0 Å². The van der Waals surface area contributed by atoms with Crippen LogP contribution in [-0.4, -0.2) is 41.6 Å². The molecule has 110 valence electrons. The number of nitrogens with two attached hydrogens (primary N) is 3. The van der Waals surface area contributed by atoms with Gasteiger partial charge in [-0.25, -0.2) is 4.79 Å². The van der Waals surface area contributed by atoms with Gasteiger partial charge in [-0.1, -0.05) is 6.42 Å². The molecule has 8 nitrogen and oxygen atoms in total. The number of carboxylic acid groups (broad SMARTS) is 1. The first-order valence-electron chi connectivity index (χ1n) is 6.07. The van der Waals surface area contributed by atoms with Gasteiger partial charge < -0.3 is 27.0 Å². The standard InChI is InChI=1S/C11H21N3O5/c12-6-2-1-3-8(14)11(18)19-9(15)5-4-7(13)10(16)17/h7-8H,1-6,12-14H2,(H,16,17)/t7-,8-/m0/s1. The number of unbranched alkanes of at least 4 members (excludes halogenated alkanes) is 1. The van der Waals surface area contributed by atoms with Gasteiger partial charge >= 0.3 is 17.9 Å². The van der Waals surface area contributed by atoms with Crippen molar-refractivity contribution in [3.05, 3.63) is 0 Å². The van der Waals surface area contributed by atoms with E-state index in [-0.39, 0.29) is 12.8 Å². The number of hydrogen-bond donors (Lipinski definition) is 4. The fraction of sp³-hybridized carbons (Fsp3) is 0.727. The molecule has 7 N–H and O–H groups in total. The minimum Gasteiger partial charge on any atom is -0.480 e. The third-order valence-electron chi connectivity index (χ3n) is 2.46. The van der Waals surface area contributed by atoms with Crippen molar-refractivity contribution in [2.45, 2.75) is 44.2 Å². The molecule has 0 spiro atoms. The zero-order valence-electron chi connectivity index (χ0n) is 10.7. The van der Waals surface area contributed by atoms with Crippen molar-refractivity contribution < 1.29 is 24.2 Å². The topological polar surface area (TPSA) is 159 Å². The molecule has 0 aliphatic heterocycles. The second-order valence-electron chi connectivity index (χ2n) is 4.17. The molecule has 0 unspecified atom stereocenters. The van der Waals surface area contributed by atoms with Crippen molar-refractivity contribution in [2.75, 3.05) is 6.54 Å². The molecule has 0 aliphatic rings. The molecule has 0 amide bonds. The van der Waals surface area contributed by atoms with Crippen LogP contribution in [-0.2, 0) is 19.1 Å². The maximum absolute atomic E-state index is 11.4. The van der Waals surface area contributed by atoms with Gasteiger partial charge in [-0.3, -0.25) is 9.59 Å². The Hall–Kier alpha value is -1.51. The summed E-state index contributed by atoms with van der Waals surface area (Å²) in [6.07, 6.45) is 1.46. The van der Waals surface area contributed by atoms with Crippen molar-refractivity contribution >= 4 is 17.9 Å². The van der Waals surface area contributed by atoms with E-state index in [9.17, 15) is 14.4 Å². The van der Waals surface area contributed by atoms with E-state index in [4.69, 9.17) is 22.3 Å². The molecule has 0 aromatic carbocycles. The van der Waals surface area contributed by atoms with Crippen molar-refractivity contribution in [1.29, 1.82) is 0 Å². The van der Waals surface area contributed by atoms with Crippen LogP contribution in [0.3, 0.4) is 0 Å². The third kappa shape index (κ3) is 8.25. The van der Waals surface area contributed by atoms with Crippen LogP contribution < -0.4 is 17.2 Å². The monoisotopic (exact) mass is 275 g/mol. The summed E-state index contributed by atoms with van der Waals surface area (Å²) in [7, 11) is 0. The quantitative estimate of drug-likeness (QED) is 0.229. The first-order valence-corrected chi connectivity index (χ1v) is 6.07. The van der Waals surface area contributed by atoms with Crippen LogP contribution in [0.25, 0.3) is 0 Å². The Morgan fingerprint density at radius 3 is 2.21 bits per heavy atom. The molecule has 0 bridgehead atoms. The molecule has 8 heteroatoms. The molecule has 2 atom stereocenters. The SMILES string of the molecule is NCCCC[C@H](N)C(=O)OC(=O)CC[C@H](N)C(=O)O. The van der Waals surface area contributed by atoms with Gasteiger partial charge in [0.1, 0.15) is 12.1 Å². The number of aliphatic carboxylic acids is 1. The van der Waals surface area contributed by atoms with Crippen LogP contribution in [0, 0.1) is 0 Å². The largest absolute Gasteiger partial charge is 0.480 e. The van der Waals surface area contributed by atoms with Gasteiger partial charge in [0.15, 0.2) is 0 Å². The smallest absolute Gasteiger partial charge is 0.330 e. The lowest BCUT2D eigenvalue weighted by atomic mass is 10.1. The maximum Gasteiger partial charge on any atom is 0.330 e. The number of rotatable bonds is 9. The summed E-state index contributed by atoms with van der Waals surface area (Å²) < 4.78 is 4.49. The average molecular weight is 275 g/mol. The summed E-state index contributed by atoms with van der Waals surface area (Å²) in [5, 5.41) is 8.51.